The second kappa shape index (κ2) is 7.13. The molecule has 1 aliphatic heterocycles. The van der Waals surface area contributed by atoms with Gasteiger partial charge >= 0.3 is 6.03 Å². The Morgan fingerprint density at radius 1 is 1.44 bits per heavy atom. The molecule has 0 aromatic carbocycles. The van der Waals surface area contributed by atoms with Crippen LogP contribution in [0.5, 0.6) is 0 Å². The van der Waals surface area contributed by atoms with Crippen molar-refractivity contribution < 1.29 is 4.79 Å². The molecule has 3 heterocycles. The molecule has 134 valence electrons. The van der Waals surface area contributed by atoms with Gasteiger partial charge in [0, 0.05) is 50.2 Å². The summed E-state index contributed by atoms with van der Waals surface area (Å²) in [4.78, 5) is 21.0. The van der Waals surface area contributed by atoms with Crippen LogP contribution in [0, 0.1) is 13.8 Å². The molecule has 2 aromatic heterocycles. The topological polar surface area (TPSA) is 77.1 Å². The first kappa shape index (κ1) is 17.3. The summed E-state index contributed by atoms with van der Waals surface area (Å²) in [7, 11) is 3.91. The number of anilines is 1. The maximum Gasteiger partial charge on any atom is 0.318 e. The van der Waals surface area contributed by atoms with Gasteiger partial charge in [-0.05, 0) is 32.8 Å². The minimum atomic E-state index is -0.0314. The van der Waals surface area contributed by atoms with Crippen molar-refractivity contribution in [2.75, 3.05) is 25.5 Å². The summed E-state index contributed by atoms with van der Waals surface area (Å²) in [6, 6.07) is 3.96. The van der Waals surface area contributed by atoms with Gasteiger partial charge in [-0.2, -0.15) is 5.10 Å². The quantitative estimate of drug-likeness (QED) is 0.895. The van der Waals surface area contributed by atoms with Gasteiger partial charge in [0.2, 0.25) is 0 Å². The first-order chi connectivity index (χ1) is 12.0. The number of rotatable bonds is 4. The normalized spacial score (nSPS) is 17.0. The zero-order valence-corrected chi connectivity index (χ0v) is 15.3. The highest BCUT2D eigenvalue weighted by Crippen LogP contribution is 2.34. The largest absolute Gasteiger partial charge is 0.362 e. The van der Waals surface area contributed by atoms with Crippen LogP contribution in [-0.4, -0.2) is 46.8 Å². The predicted octanol–water partition coefficient (Wildman–Crippen LogP) is 2.53. The summed E-state index contributed by atoms with van der Waals surface area (Å²) in [6.45, 7) is 5.25. The van der Waals surface area contributed by atoms with Crippen LogP contribution in [0.25, 0.3) is 0 Å². The van der Waals surface area contributed by atoms with Crippen molar-refractivity contribution in [3.8, 4) is 0 Å². The van der Waals surface area contributed by atoms with Crippen molar-refractivity contribution in [3.05, 3.63) is 40.8 Å². The van der Waals surface area contributed by atoms with Crippen molar-refractivity contribution in [2.45, 2.75) is 39.3 Å². The fourth-order valence-electron chi connectivity index (χ4n) is 3.60. The van der Waals surface area contributed by atoms with Crippen LogP contribution in [0.4, 0.5) is 10.6 Å². The van der Waals surface area contributed by atoms with Gasteiger partial charge in [-0.1, -0.05) is 6.07 Å². The Labute approximate surface area is 148 Å². The van der Waals surface area contributed by atoms with Gasteiger partial charge in [0.15, 0.2) is 0 Å². The molecule has 0 spiro atoms. The van der Waals surface area contributed by atoms with Gasteiger partial charge in [-0.15, -0.1) is 0 Å². The lowest BCUT2D eigenvalue weighted by molar-refractivity contribution is 0.192. The molecule has 1 saturated heterocycles. The van der Waals surface area contributed by atoms with E-state index in [1.165, 1.54) is 0 Å². The first-order valence-corrected chi connectivity index (χ1v) is 8.66. The summed E-state index contributed by atoms with van der Waals surface area (Å²) in [5.74, 6) is 0.877. The van der Waals surface area contributed by atoms with E-state index in [1.807, 2.05) is 49.9 Å². The molecule has 0 saturated carbocycles. The molecule has 1 unspecified atom stereocenters. The minimum absolute atomic E-state index is 0.0314. The molecule has 7 heteroatoms. The Morgan fingerprint density at radius 3 is 2.92 bits per heavy atom. The highest BCUT2D eigenvalue weighted by Gasteiger charge is 2.32. The molecule has 2 N–H and O–H groups in total. The smallest absolute Gasteiger partial charge is 0.318 e. The van der Waals surface area contributed by atoms with Gasteiger partial charge in [-0.25, -0.2) is 9.78 Å². The molecule has 2 aromatic rings. The Hall–Kier alpha value is -2.57. The molecule has 2 amide bonds. The number of nitrogens with one attached hydrogen (secondary N) is 2. The number of aryl methyl sites for hydroxylation is 2. The maximum atomic E-state index is 12.8. The van der Waals surface area contributed by atoms with E-state index < -0.39 is 0 Å². The summed E-state index contributed by atoms with van der Waals surface area (Å²) in [5, 5.41) is 10.4. The molecule has 25 heavy (non-hydrogen) atoms. The van der Waals surface area contributed by atoms with Crippen molar-refractivity contribution in [1.82, 2.24) is 25.4 Å². The SMILES string of the molecule is Cc1n[nH]c(C)c1C1CCCN1C(=O)NCc1cccnc1N(C)C. The molecule has 0 aliphatic carbocycles. The van der Waals surface area contributed by atoms with Crippen LogP contribution in [0.1, 0.15) is 41.4 Å². The number of nitrogens with zero attached hydrogens (tertiary/aromatic N) is 4. The van der Waals surface area contributed by atoms with Crippen molar-refractivity contribution >= 4 is 11.8 Å². The van der Waals surface area contributed by atoms with Crippen LogP contribution < -0.4 is 10.2 Å². The standard InChI is InChI=1S/C18H26N6O/c1-12-16(13(2)22-21-12)15-8-6-10-24(15)18(25)20-11-14-7-5-9-19-17(14)23(3)4/h5,7,9,15H,6,8,10-11H2,1-4H3,(H,20,25)(H,21,22). The van der Waals surface area contributed by atoms with Gasteiger partial charge in [0.25, 0.3) is 0 Å². The number of pyridine rings is 1. The Balaban J connectivity index is 1.71. The van der Waals surface area contributed by atoms with E-state index in [1.54, 1.807) is 6.20 Å². The average Bonchev–Trinajstić information content (AvgIpc) is 3.19. The predicted molar refractivity (Wildman–Crippen MR) is 97.5 cm³/mol. The van der Waals surface area contributed by atoms with Crippen molar-refractivity contribution in [3.63, 3.8) is 0 Å². The van der Waals surface area contributed by atoms with Gasteiger partial charge < -0.3 is 15.1 Å². The average molecular weight is 342 g/mol. The highest BCUT2D eigenvalue weighted by molar-refractivity contribution is 5.75. The molecule has 1 fully saturated rings. The zero-order valence-electron chi connectivity index (χ0n) is 15.3. The first-order valence-electron chi connectivity index (χ1n) is 8.66. The van der Waals surface area contributed by atoms with E-state index in [4.69, 9.17) is 0 Å². The number of H-pyrrole nitrogens is 1. The number of carbonyl (C=O) groups is 1. The number of amides is 2. The van der Waals surface area contributed by atoms with Crippen LogP contribution in [0.15, 0.2) is 18.3 Å². The molecule has 7 nitrogen and oxygen atoms in total. The zero-order chi connectivity index (χ0) is 18.0. The van der Waals surface area contributed by atoms with E-state index in [9.17, 15) is 4.79 Å². The summed E-state index contributed by atoms with van der Waals surface area (Å²) in [6.07, 6.45) is 3.75. The third-order valence-electron chi connectivity index (χ3n) is 4.75. The summed E-state index contributed by atoms with van der Waals surface area (Å²) < 4.78 is 0. The lowest BCUT2D eigenvalue weighted by Crippen LogP contribution is -2.39. The molecule has 1 atom stereocenters. The fraction of sp³-hybridized carbons (Fsp3) is 0.500. The Morgan fingerprint density at radius 2 is 2.24 bits per heavy atom. The fourth-order valence-corrected chi connectivity index (χ4v) is 3.60. The van der Waals surface area contributed by atoms with Gasteiger partial charge in [0.1, 0.15) is 5.82 Å². The molecule has 1 aliphatic rings. The van der Waals surface area contributed by atoms with Crippen molar-refractivity contribution in [2.24, 2.45) is 0 Å². The van der Waals surface area contributed by atoms with Crippen molar-refractivity contribution in [1.29, 1.82) is 0 Å². The van der Waals surface area contributed by atoms with E-state index in [-0.39, 0.29) is 12.1 Å². The third kappa shape index (κ3) is 3.45. The molecular formula is C18H26N6O. The molecule has 0 bridgehead atoms. The minimum Gasteiger partial charge on any atom is -0.362 e. The van der Waals surface area contributed by atoms with Crippen LogP contribution in [0.3, 0.4) is 0 Å². The second-order valence-corrected chi connectivity index (χ2v) is 6.74. The maximum absolute atomic E-state index is 12.8. The number of urea groups is 1. The third-order valence-corrected chi connectivity index (χ3v) is 4.75. The highest BCUT2D eigenvalue weighted by atomic mass is 16.2. The number of carbonyl (C=O) groups excluding carboxylic acids is 1. The lowest BCUT2D eigenvalue weighted by Gasteiger charge is -2.26. The molecule has 3 rings (SSSR count). The number of aromatic nitrogens is 3. The monoisotopic (exact) mass is 342 g/mol. The Kier molecular flexibility index (Phi) is 4.92. The number of hydrogen-bond acceptors (Lipinski definition) is 4. The number of likely N-dealkylation sites (tertiary alicyclic amines) is 1. The number of aromatic amines is 1. The Bertz CT molecular complexity index is 734. The van der Waals surface area contributed by atoms with E-state index >= 15 is 0 Å². The molecular weight excluding hydrogens is 316 g/mol. The summed E-state index contributed by atoms with van der Waals surface area (Å²) >= 11 is 0. The van der Waals surface area contributed by atoms with E-state index in [0.29, 0.717) is 6.54 Å². The lowest BCUT2D eigenvalue weighted by atomic mass is 10.0. The van der Waals surface area contributed by atoms with Crippen LogP contribution in [0.2, 0.25) is 0 Å². The van der Waals surface area contributed by atoms with Crippen LogP contribution >= 0.6 is 0 Å². The second-order valence-electron chi connectivity index (χ2n) is 6.74. The van der Waals surface area contributed by atoms with E-state index in [2.05, 4.69) is 20.5 Å². The summed E-state index contributed by atoms with van der Waals surface area (Å²) in [5.41, 5.74) is 4.18. The van der Waals surface area contributed by atoms with Gasteiger partial charge in [-0.3, -0.25) is 5.10 Å². The molecule has 0 radical (unpaired) electrons. The van der Waals surface area contributed by atoms with Gasteiger partial charge in [0.05, 0.1) is 11.7 Å². The van der Waals surface area contributed by atoms with Crippen LogP contribution in [-0.2, 0) is 6.54 Å². The number of hydrogen-bond donors (Lipinski definition) is 2. The van der Waals surface area contributed by atoms with E-state index in [0.717, 1.165) is 47.7 Å².